The van der Waals surface area contributed by atoms with E-state index in [0.717, 1.165) is 10.9 Å². The first-order valence-corrected chi connectivity index (χ1v) is 7.60. The number of Topliss-reactive ketones (excluding diaryl/α,β-unsaturated/α-hetero) is 1. The lowest BCUT2D eigenvalue weighted by Gasteiger charge is -2.20. The number of halogens is 1. The van der Waals surface area contributed by atoms with E-state index in [-0.39, 0.29) is 24.8 Å². The molecule has 0 radical (unpaired) electrons. The fraction of sp³-hybridized carbons (Fsp3) is 0.467. The predicted molar refractivity (Wildman–Crippen MR) is 85.8 cm³/mol. The normalized spacial score (nSPS) is 10.5. The zero-order chi connectivity index (χ0) is 15.8. The molecule has 0 aliphatic heterocycles. The number of benzene rings is 1. The van der Waals surface area contributed by atoms with Crippen molar-refractivity contribution >= 4 is 27.6 Å². The van der Waals surface area contributed by atoms with Crippen molar-refractivity contribution < 1.29 is 14.3 Å². The van der Waals surface area contributed by atoms with Gasteiger partial charge in [-0.2, -0.15) is 0 Å². The Morgan fingerprint density at radius 1 is 1.33 bits per heavy atom. The van der Waals surface area contributed by atoms with Crippen molar-refractivity contribution in [2.75, 3.05) is 33.8 Å². The van der Waals surface area contributed by atoms with E-state index in [0.29, 0.717) is 17.9 Å². The van der Waals surface area contributed by atoms with Crippen LogP contribution in [0.5, 0.6) is 5.75 Å². The van der Waals surface area contributed by atoms with Gasteiger partial charge < -0.3 is 10.1 Å². The van der Waals surface area contributed by atoms with Crippen molar-refractivity contribution in [1.82, 2.24) is 10.2 Å². The molecule has 0 atom stereocenters. The lowest BCUT2D eigenvalue weighted by atomic mass is 10.1. The van der Waals surface area contributed by atoms with E-state index in [2.05, 4.69) is 21.2 Å². The molecular weight excluding hydrogens is 336 g/mol. The molecule has 0 spiro atoms. The summed E-state index contributed by atoms with van der Waals surface area (Å²) in [7, 11) is 3.17. The number of carbonyl (C=O) groups is 2. The summed E-state index contributed by atoms with van der Waals surface area (Å²) in [5, 5.41) is 2.58. The minimum Gasteiger partial charge on any atom is -0.496 e. The van der Waals surface area contributed by atoms with Gasteiger partial charge in [0.05, 0.1) is 24.7 Å². The fourth-order valence-electron chi connectivity index (χ4n) is 1.95. The molecule has 1 N–H and O–H groups in total. The van der Waals surface area contributed by atoms with E-state index < -0.39 is 0 Å². The zero-order valence-electron chi connectivity index (χ0n) is 12.6. The van der Waals surface area contributed by atoms with Crippen molar-refractivity contribution in [2.45, 2.75) is 13.3 Å². The van der Waals surface area contributed by atoms with Crippen LogP contribution in [-0.4, -0.2) is 50.4 Å². The van der Waals surface area contributed by atoms with Crippen molar-refractivity contribution in [2.24, 2.45) is 0 Å². The van der Waals surface area contributed by atoms with Gasteiger partial charge in [0, 0.05) is 12.6 Å². The van der Waals surface area contributed by atoms with Gasteiger partial charge in [-0.1, -0.05) is 6.92 Å². The van der Waals surface area contributed by atoms with Crippen LogP contribution >= 0.6 is 15.9 Å². The highest BCUT2D eigenvalue weighted by molar-refractivity contribution is 9.10. The molecule has 116 valence electrons. The van der Waals surface area contributed by atoms with Crippen molar-refractivity contribution in [3.8, 4) is 5.75 Å². The number of methoxy groups -OCH3 is 1. The molecule has 21 heavy (non-hydrogen) atoms. The second-order valence-corrected chi connectivity index (χ2v) is 5.51. The van der Waals surface area contributed by atoms with Gasteiger partial charge in [-0.25, -0.2) is 0 Å². The molecule has 0 aliphatic rings. The molecule has 0 saturated heterocycles. The van der Waals surface area contributed by atoms with Crippen LogP contribution in [0.4, 0.5) is 0 Å². The van der Waals surface area contributed by atoms with Gasteiger partial charge in [0.2, 0.25) is 5.91 Å². The number of nitrogens with zero attached hydrogens (tertiary/aromatic N) is 1. The van der Waals surface area contributed by atoms with E-state index in [4.69, 9.17) is 4.74 Å². The van der Waals surface area contributed by atoms with Crippen molar-refractivity contribution in [3.05, 3.63) is 28.2 Å². The number of hydrogen-bond donors (Lipinski definition) is 1. The molecule has 1 aromatic rings. The third-order valence-electron chi connectivity index (χ3n) is 3.03. The Morgan fingerprint density at radius 2 is 2.05 bits per heavy atom. The summed E-state index contributed by atoms with van der Waals surface area (Å²) in [5.41, 5.74) is 0.598. The predicted octanol–water partition coefficient (Wildman–Crippen LogP) is 2.10. The quantitative estimate of drug-likeness (QED) is 0.724. The van der Waals surface area contributed by atoms with E-state index in [9.17, 15) is 9.59 Å². The number of rotatable bonds is 8. The number of likely N-dealkylation sites (N-methyl/N-ethyl adjacent to an activating group) is 1. The molecule has 1 rings (SSSR count). The maximum absolute atomic E-state index is 12.3. The monoisotopic (exact) mass is 356 g/mol. The Hall–Kier alpha value is -1.40. The standard InChI is InChI=1S/C15H21BrN2O3/c1-4-7-18(10-15(20)17-2)9-13(19)11-5-6-14(21-3)12(16)8-11/h5-6,8H,4,7,9-10H2,1-3H3,(H,17,20). The molecule has 6 heteroatoms. The first-order valence-electron chi connectivity index (χ1n) is 6.81. The van der Waals surface area contributed by atoms with Crippen LogP contribution in [0.25, 0.3) is 0 Å². The summed E-state index contributed by atoms with van der Waals surface area (Å²) in [6.07, 6.45) is 0.885. The lowest BCUT2D eigenvalue weighted by Crippen LogP contribution is -2.39. The highest BCUT2D eigenvalue weighted by Crippen LogP contribution is 2.25. The Kier molecular flexibility index (Phi) is 7.39. The lowest BCUT2D eigenvalue weighted by molar-refractivity contribution is -0.121. The number of ether oxygens (including phenoxy) is 1. The number of nitrogens with one attached hydrogen (secondary N) is 1. The van der Waals surface area contributed by atoms with Gasteiger partial charge in [-0.15, -0.1) is 0 Å². The highest BCUT2D eigenvalue weighted by atomic mass is 79.9. The average Bonchev–Trinajstić information content (AvgIpc) is 2.47. The smallest absolute Gasteiger partial charge is 0.233 e. The van der Waals surface area contributed by atoms with Crippen LogP contribution in [-0.2, 0) is 4.79 Å². The summed E-state index contributed by atoms with van der Waals surface area (Å²) >= 11 is 3.37. The molecule has 0 aromatic heterocycles. The summed E-state index contributed by atoms with van der Waals surface area (Å²) in [6.45, 7) is 3.18. The molecule has 0 saturated carbocycles. The number of hydrogen-bond acceptors (Lipinski definition) is 4. The molecule has 1 amide bonds. The minimum absolute atomic E-state index is 0.0179. The van der Waals surface area contributed by atoms with Crippen molar-refractivity contribution in [3.63, 3.8) is 0 Å². The van der Waals surface area contributed by atoms with Crippen LogP contribution in [0, 0.1) is 0 Å². The maximum atomic E-state index is 12.3. The molecule has 0 aliphatic carbocycles. The van der Waals surface area contributed by atoms with Crippen LogP contribution < -0.4 is 10.1 Å². The molecule has 0 bridgehead atoms. The van der Waals surface area contributed by atoms with Gasteiger partial charge in [-0.3, -0.25) is 14.5 Å². The zero-order valence-corrected chi connectivity index (χ0v) is 14.2. The van der Waals surface area contributed by atoms with Gasteiger partial charge >= 0.3 is 0 Å². The number of amides is 1. The third kappa shape index (κ3) is 5.47. The summed E-state index contributed by atoms with van der Waals surface area (Å²) in [6, 6.07) is 5.22. The summed E-state index contributed by atoms with van der Waals surface area (Å²) < 4.78 is 5.89. The van der Waals surface area contributed by atoms with Crippen LogP contribution in [0.1, 0.15) is 23.7 Å². The SMILES string of the molecule is CCCN(CC(=O)NC)CC(=O)c1ccc(OC)c(Br)c1. The molecule has 5 nitrogen and oxygen atoms in total. The summed E-state index contributed by atoms with van der Waals surface area (Å²) in [4.78, 5) is 25.6. The first-order chi connectivity index (χ1) is 10.0. The minimum atomic E-state index is -0.0906. The average molecular weight is 357 g/mol. The largest absolute Gasteiger partial charge is 0.496 e. The molecule has 0 heterocycles. The van der Waals surface area contributed by atoms with Crippen LogP contribution in [0.2, 0.25) is 0 Å². The topological polar surface area (TPSA) is 58.6 Å². The van der Waals surface area contributed by atoms with E-state index in [1.165, 1.54) is 0 Å². The van der Waals surface area contributed by atoms with E-state index in [1.54, 1.807) is 32.4 Å². The Balaban J connectivity index is 2.76. The third-order valence-corrected chi connectivity index (χ3v) is 3.65. The second-order valence-electron chi connectivity index (χ2n) is 4.66. The molecule has 0 fully saturated rings. The summed E-state index contributed by atoms with van der Waals surface area (Å²) in [5.74, 6) is 0.574. The van der Waals surface area contributed by atoms with Crippen molar-refractivity contribution in [1.29, 1.82) is 0 Å². The Bertz CT molecular complexity index is 506. The second kappa shape index (κ2) is 8.79. The van der Waals surface area contributed by atoms with Crippen LogP contribution in [0.3, 0.4) is 0 Å². The highest BCUT2D eigenvalue weighted by Gasteiger charge is 2.15. The van der Waals surface area contributed by atoms with Gasteiger partial charge in [-0.05, 0) is 47.1 Å². The van der Waals surface area contributed by atoms with E-state index >= 15 is 0 Å². The maximum Gasteiger partial charge on any atom is 0.233 e. The number of carbonyl (C=O) groups excluding carboxylic acids is 2. The first kappa shape index (κ1) is 17.7. The van der Waals surface area contributed by atoms with Gasteiger partial charge in [0.25, 0.3) is 0 Å². The Morgan fingerprint density at radius 3 is 2.57 bits per heavy atom. The van der Waals surface area contributed by atoms with E-state index in [1.807, 2.05) is 11.8 Å². The molecular formula is C15H21BrN2O3. The van der Waals surface area contributed by atoms with Crippen LogP contribution in [0.15, 0.2) is 22.7 Å². The number of ketones is 1. The van der Waals surface area contributed by atoms with Gasteiger partial charge in [0.15, 0.2) is 5.78 Å². The fourth-order valence-corrected chi connectivity index (χ4v) is 2.49. The molecule has 0 unspecified atom stereocenters. The van der Waals surface area contributed by atoms with Gasteiger partial charge in [0.1, 0.15) is 5.75 Å². The Labute approximate surface area is 133 Å². The molecule has 1 aromatic carbocycles.